The fourth-order valence-electron chi connectivity index (χ4n) is 3.14. The van der Waals surface area contributed by atoms with Gasteiger partial charge in [-0.1, -0.05) is 48.6 Å². The van der Waals surface area contributed by atoms with E-state index in [1.807, 2.05) is 32.3 Å². The summed E-state index contributed by atoms with van der Waals surface area (Å²) in [5, 5.41) is 10.2. The molecule has 1 unspecified atom stereocenters. The SMILES string of the molecule is CN(C)c1ccc(/C=C/C(O)/C=C/c2ccc(N3CCCC3)cc2)cc1. The van der Waals surface area contributed by atoms with Gasteiger partial charge < -0.3 is 14.9 Å². The van der Waals surface area contributed by atoms with Crippen LogP contribution in [-0.4, -0.2) is 38.4 Å². The summed E-state index contributed by atoms with van der Waals surface area (Å²) < 4.78 is 0. The van der Waals surface area contributed by atoms with Gasteiger partial charge in [0.1, 0.15) is 0 Å². The van der Waals surface area contributed by atoms with Gasteiger partial charge in [0.05, 0.1) is 6.10 Å². The monoisotopic (exact) mass is 348 g/mol. The van der Waals surface area contributed by atoms with E-state index in [0.717, 1.165) is 24.2 Å². The van der Waals surface area contributed by atoms with Crippen LogP contribution in [0.1, 0.15) is 24.0 Å². The normalized spacial score (nSPS) is 15.9. The molecule has 0 spiro atoms. The van der Waals surface area contributed by atoms with Crippen molar-refractivity contribution in [2.75, 3.05) is 37.0 Å². The second kappa shape index (κ2) is 8.72. The molecule has 136 valence electrons. The Bertz CT molecular complexity index is 739. The van der Waals surface area contributed by atoms with Crippen LogP contribution < -0.4 is 9.80 Å². The molecule has 0 aromatic heterocycles. The van der Waals surface area contributed by atoms with Crippen LogP contribution in [0.2, 0.25) is 0 Å². The predicted octanol–water partition coefficient (Wildman–Crippen LogP) is 4.44. The van der Waals surface area contributed by atoms with Crippen molar-refractivity contribution in [3.63, 3.8) is 0 Å². The molecule has 3 heteroatoms. The largest absolute Gasteiger partial charge is 0.385 e. The van der Waals surface area contributed by atoms with Crippen LogP contribution in [0.4, 0.5) is 11.4 Å². The van der Waals surface area contributed by atoms with Gasteiger partial charge in [0.2, 0.25) is 0 Å². The van der Waals surface area contributed by atoms with E-state index in [0.29, 0.717) is 0 Å². The number of aliphatic hydroxyl groups excluding tert-OH is 1. The zero-order chi connectivity index (χ0) is 18.4. The molecular weight excluding hydrogens is 320 g/mol. The molecule has 1 heterocycles. The first-order chi connectivity index (χ1) is 12.6. The Balaban J connectivity index is 1.55. The molecule has 1 N–H and O–H groups in total. The predicted molar refractivity (Wildman–Crippen MR) is 113 cm³/mol. The molecule has 0 amide bonds. The highest BCUT2D eigenvalue weighted by Crippen LogP contribution is 2.21. The molecule has 1 fully saturated rings. The Morgan fingerprint density at radius 1 is 0.846 bits per heavy atom. The lowest BCUT2D eigenvalue weighted by Crippen LogP contribution is -2.17. The first kappa shape index (κ1) is 18.3. The van der Waals surface area contributed by atoms with Crippen molar-refractivity contribution in [1.82, 2.24) is 0 Å². The van der Waals surface area contributed by atoms with E-state index in [-0.39, 0.29) is 0 Å². The summed E-state index contributed by atoms with van der Waals surface area (Å²) in [5.41, 5.74) is 4.65. The quantitative estimate of drug-likeness (QED) is 0.836. The van der Waals surface area contributed by atoms with Gasteiger partial charge in [0.15, 0.2) is 0 Å². The van der Waals surface area contributed by atoms with Crippen molar-refractivity contribution in [2.45, 2.75) is 18.9 Å². The first-order valence-electron chi connectivity index (χ1n) is 9.29. The lowest BCUT2D eigenvalue weighted by molar-refractivity contribution is 0.273. The minimum Gasteiger partial charge on any atom is -0.385 e. The second-order valence-corrected chi connectivity index (χ2v) is 6.98. The van der Waals surface area contributed by atoms with E-state index in [1.165, 1.54) is 24.2 Å². The summed E-state index contributed by atoms with van der Waals surface area (Å²) in [4.78, 5) is 4.49. The topological polar surface area (TPSA) is 26.7 Å². The summed E-state index contributed by atoms with van der Waals surface area (Å²) in [7, 11) is 4.05. The molecule has 3 rings (SSSR count). The molecule has 1 aliphatic rings. The van der Waals surface area contributed by atoms with E-state index in [1.54, 1.807) is 6.08 Å². The summed E-state index contributed by atoms with van der Waals surface area (Å²) >= 11 is 0. The smallest absolute Gasteiger partial charge is 0.0909 e. The summed E-state index contributed by atoms with van der Waals surface area (Å²) in [6.07, 6.45) is 9.52. The molecule has 3 nitrogen and oxygen atoms in total. The summed E-state index contributed by atoms with van der Waals surface area (Å²) in [6.45, 7) is 2.32. The Kier molecular flexibility index (Phi) is 6.13. The van der Waals surface area contributed by atoms with Crippen molar-refractivity contribution < 1.29 is 5.11 Å². The van der Waals surface area contributed by atoms with Crippen molar-refractivity contribution in [1.29, 1.82) is 0 Å². The van der Waals surface area contributed by atoms with E-state index in [9.17, 15) is 5.11 Å². The Morgan fingerprint density at radius 3 is 1.85 bits per heavy atom. The molecule has 1 aliphatic heterocycles. The molecule has 1 atom stereocenters. The Morgan fingerprint density at radius 2 is 1.35 bits per heavy atom. The van der Waals surface area contributed by atoms with Gasteiger partial charge in [-0.2, -0.15) is 0 Å². The highest BCUT2D eigenvalue weighted by Gasteiger charge is 2.11. The minimum atomic E-state index is -0.596. The molecule has 2 aromatic rings. The van der Waals surface area contributed by atoms with E-state index in [4.69, 9.17) is 0 Å². The van der Waals surface area contributed by atoms with Crippen LogP contribution in [0.3, 0.4) is 0 Å². The highest BCUT2D eigenvalue weighted by molar-refractivity contribution is 5.58. The lowest BCUT2D eigenvalue weighted by Gasteiger charge is -2.17. The van der Waals surface area contributed by atoms with Crippen molar-refractivity contribution in [2.24, 2.45) is 0 Å². The van der Waals surface area contributed by atoms with Gasteiger partial charge in [-0.05, 0) is 48.2 Å². The van der Waals surface area contributed by atoms with Gasteiger partial charge in [-0.25, -0.2) is 0 Å². The number of anilines is 2. The van der Waals surface area contributed by atoms with E-state index in [2.05, 4.69) is 58.3 Å². The van der Waals surface area contributed by atoms with E-state index < -0.39 is 6.10 Å². The maximum atomic E-state index is 10.2. The third-order valence-corrected chi connectivity index (χ3v) is 4.75. The van der Waals surface area contributed by atoms with Crippen LogP contribution in [0.5, 0.6) is 0 Å². The fourth-order valence-corrected chi connectivity index (χ4v) is 3.14. The Hall–Kier alpha value is -2.52. The summed E-state index contributed by atoms with van der Waals surface area (Å²) in [5.74, 6) is 0. The lowest BCUT2D eigenvalue weighted by atomic mass is 10.1. The zero-order valence-corrected chi connectivity index (χ0v) is 15.7. The molecule has 1 saturated heterocycles. The minimum absolute atomic E-state index is 0.596. The maximum absolute atomic E-state index is 10.2. The van der Waals surface area contributed by atoms with Gasteiger partial charge in [-0.15, -0.1) is 0 Å². The Labute approximate surface area is 156 Å². The molecule has 2 aromatic carbocycles. The third-order valence-electron chi connectivity index (χ3n) is 4.75. The molecule has 26 heavy (non-hydrogen) atoms. The molecule has 0 aliphatic carbocycles. The first-order valence-corrected chi connectivity index (χ1v) is 9.29. The number of benzene rings is 2. The van der Waals surface area contributed by atoms with Crippen LogP contribution in [-0.2, 0) is 0 Å². The second-order valence-electron chi connectivity index (χ2n) is 6.98. The number of rotatable bonds is 6. The zero-order valence-electron chi connectivity index (χ0n) is 15.7. The molecular formula is C23H28N2O. The average Bonchev–Trinajstić information content (AvgIpc) is 3.20. The standard InChI is InChI=1S/C23H28N2O/c1-24(2)21-11-5-19(6-12-21)9-15-23(26)16-10-20-7-13-22(14-8-20)25-17-3-4-18-25/h5-16,23,26H,3-4,17-18H2,1-2H3/b15-9+,16-10+. The van der Waals surface area contributed by atoms with Crippen LogP contribution in [0, 0.1) is 0 Å². The van der Waals surface area contributed by atoms with Crippen molar-refractivity contribution in [3.05, 3.63) is 71.8 Å². The fraction of sp³-hybridized carbons (Fsp3) is 0.304. The van der Waals surface area contributed by atoms with Gasteiger partial charge >= 0.3 is 0 Å². The maximum Gasteiger partial charge on any atom is 0.0909 e. The van der Waals surface area contributed by atoms with Crippen LogP contribution in [0.15, 0.2) is 60.7 Å². The van der Waals surface area contributed by atoms with E-state index >= 15 is 0 Å². The van der Waals surface area contributed by atoms with Crippen LogP contribution >= 0.6 is 0 Å². The molecule has 0 saturated carbocycles. The number of hydrogen-bond acceptors (Lipinski definition) is 3. The number of hydrogen-bond donors (Lipinski definition) is 1. The van der Waals surface area contributed by atoms with Gasteiger partial charge in [0, 0.05) is 38.6 Å². The average molecular weight is 348 g/mol. The third kappa shape index (κ3) is 4.99. The summed E-state index contributed by atoms with van der Waals surface area (Å²) in [6, 6.07) is 16.8. The number of aliphatic hydroxyl groups is 1. The molecule has 0 bridgehead atoms. The highest BCUT2D eigenvalue weighted by atomic mass is 16.3. The number of nitrogens with zero attached hydrogens (tertiary/aromatic N) is 2. The molecule has 0 radical (unpaired) electrons. The van der Waals surface area contributed by atoms with Gasteiger partial charge in [-0.3, -0.25) is 0 Å². The van der Waals surface area contributed by atoms with Crippen LogP contribution in [0.25, 0.3) is 12.2 Å². The van der Waals surface area contributed by atoms with Gasteiger partial charge in [0.25, 0.3) is 0 Å². The van der Waals surface area contributed by atoms with Crippen molar-refractivity contribution >= 4 is 23.5 Å². The van der Waals surface area contributed by atoms with Crippen molar-refractivity contribution in [3.8, 4) is 0 Å².